The summed E-state index contributed by atoms with van der Waals surface area (Å²) in [5.41, 5.74) is 3.88. The monoisotopic (exact) mass is 424 g/mol. The predicted octanol–water partition coefficient (Wildman–Crippen LogP) is 6.58. The van der Waals surface area contributed by atoms with Crippen molar-refractivity contribution in [3.8, 4) is 11.3 Å². The number of ketones is 1. The van der Waals surface area contributed by atoms with Crippen molar-refractivity contribution in [2.45, 2.75) is 5.03 Å². The molecule has 0 aliphatic heterocycles. The van der Waals surface area contributed by atoms with E-state index in [0.29, 0.717) is 15.6 Å². The molecule has 0 unspecified atom stereocenters. The van der Waals surface area contributed by atoms with Crippen LogP contribution in [0.25, 0.3) is 22.3 Å². The van der Waals surface area contributed by atoms with Gasteiger partial charge in [-0.2, -0.15) is 0 Å². The van der Waals surface area contributed by atoms with E-state index in [1.165, 1.54) is 11.8 Å². The summed E-state index contributed by atoms with van der Waals surface area (Å²) < 4.78 is 0. The quantitative estimate of drug-likeness (QED) is 0.268. The number of para-hydroxylation sites is 2. The van der Waals surface area contributed by atoms with Gasteiger partial charge in [0.1, 0.15) is 10.7 Å². The van der Waals surface area contributed by atoms with E-state index in [2.05, 4.69) is 0 Å². The molecule has 1 heterocycles. The van der Waals surface area contributed by atoms with Crippen molar-refractivity contribution in [2.75, 3.05) is 5.75 Å². The summed E-state index contributed by atoms with van der Waals surface area (Å²) in [6.45, 7) is 0. The third-order valence-electron chi connectivity index (χ3n) is 4.17. The molecule has 0 amide bonds. The van der Waals surface area contributed by atoms with Crippen LogP contribution in [0, 0.1) is 0 Å². The van der Waals surface area contributed by atoms with Crippen molar-refractivity contribution in [3.05, 3.63) is 88.4 Å². The second kappa shape index (κ2) is 8.31. The highest BCUT2D eigenvalue weighted by molar-refractivity contribution is 8.00. The fourth-order valence-electron chi connectivity index (χ4n) is 2.76. The Morgan fingerprint density at radius 3 is 2.21 bits per heavy atom. The van der Waals surface area contributed by atoms with Crippen LogP contribution >= 0.6 is 35.0 Å². The molecule has 0 spiro atoms. The average molecular weight is 425 g/mol. The van der Waals surface area contributed by atoms with Gasteiger partial charge >= 0.3 is 0 Å². The number of hydrogen-bond donors (Lipinski definition) is 0. The summed E-state index contributed by atoms with van der Waals surface area (Å²) in [6.07, 6.45) is 0. The Hall–Kier alpha value is -2.40. The maximum Gasteiger partial charge on any atom is 0.173 e. The molecule has 4 rings (SSSR count). The Morgan fingerprint density at radius 1 is 0.821 bits per heavy atom. The summed E-state index contributed by atoms with van der Waals surface area (Å²) in [4.78, 5) is 22.2. The van der Waals surface area contributed by atoms with Crippen LogP contribution < -0.4 is 0 Å². The van der Waals surface area contributed by atoms with Gasteiger partial charge < -0.3 is 0 Å². The van der Waals surface area contributed by atoms with Crippen LogP contribution in [-0.2, 0) is 0 Å². The van der Waals surface area contributed by atoms with E-state index in [1.54, 1.807) is 18.2 Å². The van der Waals surface area contributed by atoms with Crippen molar-refractivity contribution >= 4 is 51.8 Å². The van der Waals surface area contributed by atoms with Gasteiger partial charge in [0.15, 0.2) is 5.78 Å². The second-order valence-electron chi connectivity index (χ2n) is 6.07. The number of carbonyl (C=O) groups is 1. The zero-order valence-corrected chi connectivity index (χ0v) is 16.9. The molecule has 0 bridgehead atoms. The van der Waals surface area contributed by atoms with Crippen molar-refractivity contribution in [3.63, 3.8) is 0 Å². The predicted molar refractivity (Wildman–Crippen MR) is 116 cm³/mol. The van der Waals surface area contributed by atoms with E-state index >= 15 is 0 Å². The fraction of sp³-hybridized carbons (Fsp3) is 0.0455. The van der Waals surface area contributed by atoms with Gasteiger partial charge in [0.2, 0.25) is 0 Å². The number of fused-ring (bicyclic) bond motifs is 1. The van der Waals surface area contributed by atoms with Gasteiger partial charge in [0.05, 0.1) is 26.8 Å². The van der Waals surface area contributed by atoms with E-state index in [0.717, 1.165) is 27.3 Å². The highest BCUT2D eigenvalue weighted by atomic mass is 35.5. The first-order chi connectivity index (χ1) is 13.6. The Balaban J connectivity index is 1.67. The molecule has 3 aromatic carbocycles. The average Bonchev–Trinajstić information content (AvgIpc) is 2.74. The Kier molecular flexibility index (Phi) is 5.62. The SMILES string of the molecule is O=C(CSc1nc2ccccc2nc1-c1ccccc1)c1ccc(Cl)c(Cl)c1. The molecule has 0 N–H and O–H groups in total. The molecule has 0 aliphatic rings. The molecule has 138 valence electrons. The van der Waals surface area contributed by atoms with Crippen LogP contribution in [0.1, 0.15) is 10.4 Å². The van der Waals surface area contributed by atoms with Crippen LogP contribution in [0.2, 0.25) is 10.0 Å². The smallest absolute Gasteiger partial charge is 0.173 e. The number of Topliss-reactive ketones (excluding diaryl/α,β-unsaturated/α-hetero) is 1. The standard InChI is InChI=1S/C22H14Cl2N2OS/c23-16-11-10-15(12-17(16)24)20(27)13-28-22-21(14-6-2-1-3-7-14)25-18-8-4-5-9-19(18)26-22/h1-12H,13H2. The summed E-state index contributed by atoms with van der Waals surface area (Å²) in [6, 6.07) is 22.5. The molecule has 0 aliphatic carbocycles. The van der Waals surface area contributed by atoms with Gasteiger partial charge in [-0.05, 0) is 30.3 Å². The summed E-state index contributed by atoms with van der Waals surface area (Å²) in [5.74, 6) is 0.183. The second-order valence-corrected chi connectivity index (χ2v) is 7.85. The lowest BCUT2D eigenvalue weighted by molar-refractivity contribution is 0.102. The van der Waals surface area contributed by atoms with E-state index < -0.39 is 0 Å². The van der Waals surface area contributed by atoms with Crippen LogP contribution in [0.3, 0.4) is 0 Å². The maximum absolute atomic E-state index is 12.6. The van der Waals surface area contributed by atoms with E-state index in [1.807, 2.05) is 54.6 Å². The Morgan fingerprint density at radius 2 is 1.50 bits per heavy atom. The first-order valence-corrected chi connectivity index (χ1v) is 10.3. The normalized spacial score (nSPS) is 10.9. The van der Waals surface area contributed by atoms with Crippen LogP contribution in [0.5, 0.6) is 0 Å². The van der Waals surface area contributed by atoms with Crippen molar-refractivity contribution in [1.82, 2.24) is 9.97 Å². The highest BCUT2D eigenvalue weighted by Crippen LogP contribution is 2.31. The molecule has 1 aromatic heterocycles. The molecule has 0 saturated carbocycles. The van der Waals surface area contributed by atoms with Crippen molar-refractivity contribution in [2.24, 2.45) is 0 Å². The number of aromatic nitrogens is 2. The lowest BCUT2D eigenvalue weighted by Gasteiger charge is -2.10. The number of benzene rings is 3. The fourth-order valence-corrected chi connectivity index (χ4v) is 3.95. The zero-order chi connectivity index (χ0) is 19.5. The molecule has 0 radical (unpaired) electrons. The number of halogens is 2. The molecule has 0 atom stereocenters. The third kappa shape index (κ3) is 4.04. The molecule has 4 aromatic rings. The molecule has 6 heteroatoms. The van der Waals surface area contributed by atoms with Crippen LogP contribution in [0.15, 0.2) is 77.8 Å². The largest absolute Gasteiger partial charge is 0.293 e. The first-order valence-electron chi connectivity index (χ1n) is 8.55. The maximum atomic E-state index is 12.6. The topological polar surface area (TPSA) is 42.9 Å². The van der Waals surface area contributed by atoms with Crippen molar-refractivity contribution < 1.29 is 4.79 Å². The number of carbonyl (C=O) groups excluding carboxylic acids is 1. The van der Waals surface area contributed by atoms with Gasteiger partial charge in [-0.3, -0.25) is 4.79 Å². The molecule has 0 fully saturated rings. The van der Waals surface area contributed by atoms with Crippen LogP contribution in [-0.4, -0.2) is 21.5 Å². The summed E-state index contributed by atoms with van der Waals surface area (Å²) >= 11 is 13.3. The molecular formula is C22H14Cl2N2OS. The first kappa shape index (κ1) is 18.9. The van der Waals surface area contributed by atoms with Gasteiger partial charge in [-0.15, -0.1) is 0 Å². The number of thioether (sulfide) groups is 1. The van der Waals surface area contributed by atoms with Gasteiger partial charge in [-0.25, -0.2) is 9.97 Å². The minimum Gasteiger partial charge on any atom is -0.293 e. The molecule has 0 saturated heterocycles. The lowest BCUT2D eigenvalue weighted by Crippen LogP contribution is -2.04. The van der Waals surface area contributed by atoms with Crippen molar-refractivity contribution in [1.29, 1.82) is 0 Å². The molecule has 28 heavy (non-hydrogen) atoms. The molecule has 3 nitrogen and oxygen atoms in total. The number of hydrogen-bond acceptors (Lipinski definition) is 4. The van der Waals surface area contributed by atoms with Gasteiger partial charge in [0.25, 0.3) is 0 Å². The van der Waals surface area contributed by atoms with Crippen LogP contribution in [0.4, 0.5) is 0 Å². The van der Waals surface area contributed by atoms with E-state index in [-0.39, 0.29) is 11.5 Å². The third-order valence-corrected chi connectivity index (χ3v) is 5.87. The van der Waals surface area contributed by atoms with Gasteiger partial charge in [-0.1, -0.05) is 77.4 Å². The Bertz CT molecular complexity index is 1170. The highest BCUT2D eigenvalue weighted by Gasteiger charge is 2.15. The molecular weight excluding hydrogens is 411 g/mol. The zero-order valence-electron chi connectivity index (χ0n) is 14.6. The minimum atomic E-state index is -0.0439. The minimum absolute atomic E-state index is 0.0439. The summed E-state index contributed by atoms with van der Waals surface area (Å²) in [5, 5.41) is 1.52. The summed E-state index contributed by atoms with van der Waals surface area (Å²) in [7, 11) is 0. The lowest BCUT2D eigenvalue weighted by atomic mass is 10.1. The van der Waals surface area contributed by atoms with E-state index in [4.69, 9.17) is 33.2 Å². The van der Waals surface area contributed by atoms with E-state index in [9.17, 15) is 4.79 Å². The van der Waals surface area contributed by atoms with Gasteiger partial charge in [0, 0.05) is 11.1 Å². The number of nitrogens with zero attached hydrogens (tertiary/aromatic N) is 2. The Labute approximate surface area is 176 Å². The number of rotatable bonds is 5.